The number of nitro groups is 1. The predicted octanol–water partition coefficient (Wildman–Crippen LogP) is 1.99. The van der Waals surface area contributed by atoms with Crippen LogP contribution in [0.25, 0.3) is 0 Å². The van der Waals surface area contributed by atoms with E-state index in [-0.39, 0.29) is 6.04 Å². The molecule has 102 valence electrons. The summed E-state index contributed by atoms with van der Waals surface area (Å²) in [6, 6.07) is 3.85. The van der Waals surface area contributed by atoms with Crippen LogP contribution < -0.4 is 5.32 Å². The van der Waals surface area contributed by atoms with E-state index in [2.05, 4.69) is 17.2 Å². The topological polar surface area (TPSA) is 71.3 Å². The lowest BCUT2D eigenvalue weighted by atomic mass is 10.2. The van der Waals surface area contributed by atoms with Gasteiger partial charge in [-0.25, -0.2) is 4.98 Å². The largest absolute Gasteiger partial charge is 0.365 e. The molecule has 2 heterocycles. The molecule has 1 aliphatic heterocycles. The second-order valence-electron chi connectivity index (χ2n) is 4.36. The van der Waals surface area contributed by atoms with Crippen LogP contribution in [0.1, 0.15) is 18.9 Å². The van der Waals surface area contributed by atoms with Gasteiger partial charge in [0.05, 0.1) is 4.92 Å². The summed E-state index contributed by atoms with van der Waals surface area (Å²) in [6.45, 7) is 3.36. The van der Waals surface area contributed by atoms with Crippen LogP contribution in [0.2, 0.25) is 5.15 Å². The Bertz CT molecular complexity index is 489. The van der Waals surface area contributed by atoms with Crippen LogP contribution in [0, 0.1) is 10.1 Å². The van der Waals surface area contributed by atoms with Gasteiger partial charge >= 0.3 is 0 Å². The number of aromatic nitrogens is 1. The van der Waals surface area contributed by atoms with Gasteiger partial charge in [-0.15, -0.1) is 0 Å². The monoisotopic (exact) mass is 282 g/mol. The Kier molecular flexibility index (Phi) is 4.21. The first-order chi connectivity index (χ1) is 9.10. The lowest BCUT2D eigenvalue weighted by molar-refractivity contribution is -0.404. The summed E-state index contributed by atoms with van der Waals surface area (Å²) in [5.74, 6) is 0.548. The molecule has 1 fully saturated rings. The Balaban J connectivity index is 2.18. The van der Waals surface area contributed by atoms with Crippen LogP contribution in [0.3, 0.4) is 0 Å². The number of nitrogens with one attached hydrogen (secondary N) is 1. The molecule has 0 aromatic carbocycles. The first kappa shape index (κ1) is 13.6. The number of rotatable bonds is 4. The molecule has 2 rings (SSSR count). The summed E-state index contributed by atoms with van der Waals surface area (Å²) in [4.78, 5) is 16.2. The minimum Gasteiger partial charge on any atom is -0.365 e. The van der Waals surface area contributed by atoms with Crippen LogP contribution in [-0.2, 0) is 6.54 Å². The van der Waals surface area contributed by atoms with Crippen molar-refractivity contribution in [1.82, 2.24) is 15.2 Å². The summed E-state index contributed by atoms with van der Waals surface area (Å²) < 4.78 is 0. The molecule has 0 amide bonds. The molecule has 0 saturated carbocycles. The molecule has 1 atom stereocenters. The lowest BCUT2D eigenvalue weighted by Crippen LogP contribution is -2.29. The summed E-state index contributed by atoms with van der Waals surface area (Å²) >= 11 is 5.74. The van der Waals surface area contributed by atoms with Gasteiger partial charge in [-0.2, -0.15) is 0 Å². The van der Waals surface area contributed by atoms with E-state index >= 15 is 0 Å². The van der Waals surface area contributed by atoms with E-state index in [1.54, 1.807) is 12.3 Å². The van der Waals surface area contributed by atoms with E-state index in [0.717, 1.165) is 24.7 Å². The number of pyridine rings is 1. The second kappa shape index (κ2) is 5.88. The zero-order chi connectivity index (χ0) is 13.8. The second-order valence-corrected chi connectivity index (χ2v) is 4.75. The van der Waals surface area contributed by atoms with Crippen LogP contribution in [0.15, 0.2) is 30.4 Å². The molecule has 0 aliphatic carbocycles. The number of hydrogen-bond donors (Lipinski definition) is 1. The third-order valence-corrected chi connectivity index (χ3v) is 3.33. The standard InChI is InChI=1S/C12H15ClN4O2/c1-2-10-6-15-12(8-17(18)19)16(10)7-9-3-4-11(13)14-5-9/h3-5,8,10,15H,2,6-7H2,1H3/b12-8+/t10-/m1/s1. The van der Waals surface area contributed by atoms with Gasteiger partial charge in [0.25, 0.3) is 6.20 Å². The van der Waals surface area contributed by atoms with Crippen LogP contribution >= 0.6 is 11.6 Å². The quantitative estimate of drug-likeness (QED) is 0.519. The van der Waals surface area contributed by atoms with Gasteiger partial charge in [0, 0.05) is 25.3 Å². The Morgan fingerprint density at radius 2 is 2.47 bits per heavy atom. The summed E-state index contributed by atoms with van der Waals surface area (Å²) in [7, 11) is 0. The van der Waals surface area contributed by atoms with Crippen molar-refractivity contribution in [2.75, 3.05) is 6.54 Å². The van der Waals surface area contributed by atoms with Crippen molar-refractivity contribution in [2.24, 2.45) is 0 Å². The summed E-state index contributed by atoms with van der Waals surface area (Å²) in [6.07, 6.45) is 3.62. The molecule has 0 unspecified atom stereocenters. The average molecular weight is 283 g/mol. The molecule has 1 saturated heterocycles. The van der Waals surface area contributed by atoms with Crippen molar-refractivity contribution in [1.29, 1.82) is 0 Å². The van der Waals surface area contributed by atoms with Crippen LogP contribution in [0.4, 0.5) is 0 Å². The molecule has 0 radical (unpaired) electrons. The molecule has 1 aromatic heterocycles. The Morgan fingerprint density at radius 1 is 1.68 bits per heavy atom. The van der Waals surface area contributed by atoms with Gasteiger partial charge in [-0.3, -0.25) is 10.1 Å². The van der Waals surface area contributed by atoms with E-state index < -0.39 is 4.92 Å². The molecule has 7 heteroatoms. The molecular weight excluding hydrogens is 268 g/mol. The molecule has 1 aromatic rings. The minimum atomic E-state index is -0.437. The third kappa shape index (κ3) is 3.35. The van der Waals surface area contributed by atoms with Gasteiger partial charge in [-0.1, -0.05) is 24.6 Å². The minimum absolute atomic E-state index is 0.252. The van der Waals surface area contributed by atoms with Crippen molar-refractivity contribution < 1.29 is 4.92 Å². The van der Waals surface area contributed by atoms with E-state index in [4.69, 9.17) is 11.6 Å². The molecule has 6 nitrogen and oxygen atoms in total. The molecule has 1 aliphatic rings. The highest BCUT2D eigenvalue weighted by atomic mass is 35.5. The Labute approximate surface area is 116 Å². The normalized spacial score (nSPS) is 20.6. The van der Waals surface area contributed by atoms with E-state index in [9.17, 15) is 10.1 Å². The fourth-order valence-corrected chi connectivity index (χ4v) is 2.24. The van der Waals surface area contributed by atoms with E-state index in [0.29, 0.717) is 17.5 Å². The maximum absolute atomic E-state index is 10.6. The van der Waals surface area contributed by atoms with E-state index in [1.807, 2.05) is 11.0 Å². The molecule has 0 spiro atoms. The highest BCUT2D eigenvalue weighted by Gasteiger charge is 2.28. The van der Waals surface area contributed by atoms with Gasteiger partial charge in [0.1, 0.15) is 5.15 Å². The highest BCUT2D eigenvalue weighted by Crippen LogP contribution is 2.20. The lowest BCUT2D eigenvalue weighted by Gasteiger charge is -2.24. The zero-order valence-electron chi connectivity index (χ0n) is 10.5. The molecule has 19 heavy (non-hydrogen) atoms. The first-order valence-electron chi connectivity index (χ1n) is 6.06. The maximum Gasteiger partial charge on any atom is 0.274 e. The summed E-state index contributed by atoms with van der Waals surface area (Å²) in [5, 5.41) is 14.1. The number of nitrogens with zero attached hydrogens (tertiary/aromatic N) is 3. The van der Waals surface area contributed by atoms with Crippen molar-refractivity contribution >= 4 is 11.6 Å². The van der Waals surface area contributed by atoms with Crippen molar-refractivity contribution in [2.45, 2.75) is 25.9 Å². The Hall–Kier alpha value is -1.82. The number of halogens is 1. The fourth-order valence-electron chi connectivity index (χ4n) is 2.13. The average Bonchev–Trinajstić information content (AvgIpc) is 2.74. The fraction of sp³-hybridized carbons (Fsp3) is 0.417. The predicted molar refractivity (Wildman–Crippen MR) is 71.9 cm³/mol. The number of hydrogen-bond acceptors (Lipinski definition) is 5. The molecule has 1 N–H and O–H groups in total. The van der Waals surface area contributed by atoms with Crippen LogP contribution in [-0.4, -0.2) is 27.4 Å². The summed E-state index contributed by atoms with van der Waals surface area (Å²) in [5.41, 5.74) is 0.973. The van der Waals surface area contributed by atoms with Crippen molar-refractivity contribution in [3.63, 3.8) is 0 Å². The SMILES string of the molecule is CC[C@@H]1CN/C(=C\[N+](=O)[O-])N1Cc1ccc(Cl)nc1. The third-order valence-electron chi connectivity index (χ3n) is 3.11. The van der Waals surface area contributed by atoms with Gasteiger partial charge in [0.2, 0.25) is 0 Å². The smallest absolute Gasteiger partial charge is 0.274 e. The van der Waals surface area contributed by atoms with Crippen molar-refractivity contribution in [3.05, 3.63) is 51.2 Å². The maximum atomic E-state index is 10.6. The van der Waals surface area contributed by atoms with Gasteiger partial charge < -0.3 is 10.2 Å². The highest BCUT2D eigenvalue weighted by molar-refractivity contribution is 6.29. The van der Waals surface area contributed by atoms with Crippen LogP contribution in [0.5, 0.6) is 0 Å². The Morgan fingerprint density at radius 3 is 3.05 bits per heavy atom. The van der Waals surface area contributed by atoms with Gasteiger partial charge in [-0.05, 0) is 18.1 Å². The zero-order valence-corrected chi connectivity index (χ0v) is 11.3. The van der Waals surface area contributed by atoms with Gasteiger partial charge in [0.15, 0.2) is 5.82 Å². The molecule has 0 bridgehead atoms. The van der Waals surface area contributed by atoms with E-state index in [1.165, 1.54) is 0 Å². The molecular formula is C12H15ClN4O2. The van der Waals surface area contributed by atoms with Crippen molar-refractivity contribution in [3.8, 4) is 0 Å². The first-order valence-corrected chi connectivity index (χ1v) is 6.44.